The van der Waals surface area contributed by atoms with Crippen molar-refractivity contribution in [2.45, 2.75) is 106 Å². The van der Waals surface area contributed by atoms with Gasteiger partial charge in [0.1, 0.15) is 30.9 Å². The van der Waals surface area contributed by atoms with Crippen LogP contribution in [0.2, 0.25) is 0 Å². The molecule has 16 nitrogen and oxygen atoms in total. The number of nitrogens with zero attached hydrogens (tertiary/aromatic N) is 7. The summed E-state index contributed by atoms with van der Waals surface area (Å²) in [5.74, 6) is -1.83. The van der Waals surface area contributed by atoms with Gasteiger partial charge >= 0.3 is 18.4 Å². The first kappa shape index (κ1) is 72.4. The lowest BCUT2D eigenvalue weighted by Gasteiger charge is -2.44. The van der Waals surface area contributed by atoms with Crippen LogP contribution in [0.5, 0.6) is 0 Å². The number of carbonyl (C=O) groups excluding carboxylic acids is 5. The van der Waals surface area contributed by atoms with E-state index < -0.39 is 64.6 Å². The second-order valence-electron chi connectivity index (χ2n) is 26.5. The van der Waals surface area contributed by atoms with Crippen LogP contribution in [0.25, 0.3) is 11.1 Å². The Labute approximate surface area is 568 Å². The first-order valence-corrected chi connectivity index (χ1v) is 33.7. The van der Waals surface area contributed by atoms with Gasteiger partial charge in [0.25, 0.3) is 11.8 Å². The molecule has 2 atom stereocenters. The van der Waals surface area contributed by atoms with Gasteiger partial charge in [-0.1, -0.05) is 97.4 Å². The maximum absolute atomic E-state index is 14.3. The molecule has 6 aromatic carbocycles. The third-order valence-electron chi connectivity index (χ3n) is 19.9. The van der Waals surface area contributed by atoms with Gasteiger partial charge in [0.2, 0.25) is 11.8 Å². The maximum atomic E-state index is 14.3. The van der Waals surface area contributed by atoms with Crippen LogP contribution in [0.4, 0.5) is 46.9 Å². The van der Waals surface area contributed by atoms with Gasteiger partial charge in [-0.15, -0.1) is 0 Å². The quantitative estimate of drug-likeness (QED) is 0.0409. The summed E-state index contributed by atoms with van der Waals surface area (Å²) in [6, 6.07) is 39.5. The first-order chi connectivity index (χ1) is 46.9. The Balaban J connectivity index is 0.620. The predicted octanol–water partition coefficient (Wildman–Crippen LogP) is 13.0. The Morgan fingerprint density at radius 3 is 2.00 bits per heavy atom. The van der Waals surface area contributed by atoms with Crippen molar-refractivity contribution >= 4 is 41.1 Å². The van der Waals surface area contributed by atoms with Gasteiger partial charge in [-0.3, -0.25) is 24.5 Å². The standard InChI is InChI=1S/C75H87F7N8O8/c1-84(35-14-6-9-25-67(91)86(3)43-44-88-38-30-62(31-39-88)98-71(95)83-65-24-13-11-22-63(65)53-17-7-5-8-18-53)61-21-15-20-55(47-61)69(93)87(4)37-16-36-85(2)68(92)50-96-66-48-54-19-10-12-23-64(54)72(66)32-40-89(41-33-72)42-34-73(57-26-28-60(76)29-27-57)51-90(52-97-73)70(94)56-45-58(74(77,78)79)49-59(46-56)75(80,81)82/h5,7-8,10-13,15,17-24,26-29,45-47,49,62,66H,6,9,14,16,25,30-44,48,50-52H2,1-4H3,(H,83,95)/t66-,73+/m0/s1. The summed E-state index contributed by atoms with van der Waals surface area (Å²) < 4.78 is 116. The molecule has 1 aliphatic carbocycles. The third kappa shape index (κ3) is 18.1. The summed E-state index contributed by atoms with van der Waals surface area (Å²) in [7, 11) is 7.31. The Morgan fingerprint density at radius 1 is 0.633 bits per heavy atom. The molecule has 3 saturated heterocycles. The second-order valence-corrected chi connectivity index (χ2v) is 26.5. The summed E-state index contributed by atoms with van der Waals surface area (Å²) in [6.45, 7) is 5.30. The second kappa shape index (κ2) is 32.1. The number of unbranched alkanes of at least 4 members (excludes halogenated alkanes) is 2. The van der Waals surface area contributed by atoms with E-state index in [9.17, 15) is 54.7 Å². The number of likely N-dealkylation sites (tertiary alicyclic amines) is 2. The van der Waals surface area contributed by atoms with Crippen LogP contribution in [0, 0.1) is 5.82 Å². The lowest BCUT2D eigenvalue weighted by atomic mass is 9.72. The van der Waals surface area contributed by atoms with Gasteiger partial charge < -0.3 is 48.5 Å². The number of likely N-dealkylation sites (N-methyl/N-ethyl adjacent to an activating group) is 2. The van der Waals surface area contributed by atoms with Crippen molar-refractivity contribution in [1.29, 1.82) is 0 Å². The van der Waals surface area contributed by atoms with Crippen molar-refractivity contribution < 1.29 is 68.9 Å². The number of amides is 5. The molecule has 6 aromatic rings. The molecule has 0 aromatic heterocycles. The number of fused-ring (bicyclic) bond motifs is 2. The molecule has 98 heavy (non-hydrogen) atoms. The average Bonchev–Trinajstić information content (AvgIpc) is 1.60. The SMILES string of the molecule is CN(CCN1CCC(OC(=O)Nc2ccccc2-c2ccccc2)CC1)C(=O)CCCCCN(C)c1cccc(C(=O)N(C)CCCN(C)C(=O)CO[C@H]2Cc3ccccc3C23CCN(CC[C@]2(c4ccc(F)cc4)CN(C(=O)c4cc(C(F)(F)F)cc(C(F)(F)F)c4)CO2)CC3)c1. The highest BCUT2D eigenvalue weighted by molar-refractivity contribution is 5.96. The zero-order chi connectivity index (χ0) is 69.8. The molecule has 23 heteroatoms. The van der Waals surface area contributed by atoms with E-state index in [0.717, 1.165) is 91.1 Å². The number of carbonyl (C=O) groups is 5. The van der Waals surface area contributed by atoms with Crippen LogP contribution in [-0.2, 0) is 53.6 Å². The minimum Gasteiger partial charge on any atom is -0.446 e. The van der Waals surface area contributed by atoms with E-state index in [1.165, 1.54) is 24.3 Å². The molecule has 10 rings (SSSR count). The summed E-state index contributed by atoms with van der Waals surface area (Å²) in [6.07, 6.45) is -4.10. The van der Waals surface area contributed by atoms with Crippen molar-refractivity contribution in [3.63, 3.8) is 0 Å². The minimum atomic E-state index is -5.15. The minimum absolute atomic E-state index is 0.0280. The highest BCUT2D eigenvalue weighted by Crippen LogP contribution is 2.49. The number of rotatable bonds is 26. The predicted molar refractivity (Wildman–Crippen MR) is 360 cm³/mol. The van der Waals surface area contributed by atoms with Gasteiger partial charge in [-0.25, -0.2) is 9.18 Å². The molecule has 3 heterocycles. The third-order valence-corrected chi connectivity index (χ3v) is 19.9. The lowest BCUT2D eigenvalue weighted by molar-refractivity contribution is -0.143. The fraction of sp³-hybridized carbons (Fsp3) is 0.453. The lowest BCUT2D eigenvalue weighted by Crippen LogP contribution is -2.50. The summed E-state index contributed by atoms with van der Waals surface area (Å²) in [5.41, 5.74) is 1.20. The van der Waals surface area contributed by atoms with Crippen LogP contribution in [0.1, 0.15) is 113 Å². The molecule has 5 amide bonds. The van der Waals surface area contributed by atoms with Crippen LogP contribution in [0.3, 0.4) is 0 Å². The van der Waals surface area contributed by atoms with Crippen molar-refractivity contribution in [3.8, 4) is 11.1 Å². The Kier molecular flexibility index (Phi) is 23.7. The number of halogens is 7. The van der Waals surface area contributed by atoms with Crippen molar-refractivity contribution in [2.75, 3.05) is 124 Å². The largest absolute Gasteiger partial charge is 0.446 e. The summed E-state index contributed by atoms with van der Waals surface area (Å²) in [5, 5.41) is 2.93. The van der Waals surface area contributed by atoms with E-state index in [2.05, 4.69) is 32.1 Å². The molecule has 4 aliphatic rings. The average molecular weight is 1360 g/mol. The normalized spacial score (nSPS) is 18.1. The molecule has 0 radical (unpaired) electrons. The topological polar surface area (TPSA) is 148 Å². The molecule has 3 fully saturated rings. The number of para-hydroxylation sites is 1. The van der Waals surface area contributed by atoms with E-state index >= 15 is 0 Å². The Morgan fingerprint density at radius 2 is 1.29 bits per heavy atom. The highest BCUT2D eigenvalue weighted by atomic mass is 19.4. The van der Waals surface area contributed by atoms with Gasteiger partial charge in [-0.05, 0) is 148 Å². The number of piperidine rings is 2. The molecule has 3 aliphatic heterocycles. The van der Waals surface area contributed by atoms with Gasteiger partial charge in [0.05, 0.1) is 29.5 Å². The first-order valence-electron chi connectivity index (χ1n) is 33.7. The molecular formula is C75H87F7N8O8. The van der Waals surface area contributed by atoms with Crippen molar-refractivity contribution in [2.24, 2.45) is 0 Å². The monoisotopic (exact) mass is 1360 g/mol. The number of nitrogens with one attached hydrogen (secondary N) is 1. The molecule has 1 N–H and O–H groups in total. The van der Waals surface area contributed by atoms with Crippen LogP contribution < -0.4 is 10.2 Å². The van der Waals surface area contributed by atoms with E-state index in [4.69, 9.17) is 14.2 Å². The van der Waals surface area contributed by atoms with E-state index in [1.54, 1.807) is 34.9 Å². The zero-order valence-electron chi connectivity index (χ0n) is 56.0. The highest BCUT2D eigenvalue weighted by Gasteiger charge is 2.50. The zero-order valence-corrected chi connectivity index (χ0v) is 56.0. The van der Waals surface area contributed by atoms with Crippen LogP contribution in [0.15, 0.2) is 146 Å². The van der Waals surface area contributed by atoms with Crippen LogP contribution in [-0.4, -0.2) is 185 Å². The molecular weight excluding hydrogens is 1270 g/mol. The van der Waals surface area contributed by atoms with E-state index in [1.807, 2.05) is 99.0 Å². The Hall–Kier alpha value is -8.38. The van der Waals surface area contributed by atoms with Crippen molar-refractivity contribution in [1.82, 2.24) is 29.4 Å². The number of hydrogen-bond acceptors (Lipinski definition) is 11. The number of ether oxygens (including phenoxy) is 3. The smallest absolute Gasteiger partial charge is 0.416 e. The number of benzene rings is 6. The van der Waals surface area contributed by atoms with Gasteiger partial charge in [0.15, 0.2) is 0 Å². The molecule has 1 spiro atoms. The number of hydrogen-bond donors (Lipinski definition) is 1. The molecule has 0 saturated carbocycles. The number of anilines is 2. The van der Waals surface area contributed by atoms with Gasteiger partial charge in [-0.2, -0.15) is 26.3 Å². The Bertz CT molecular complexity index is 3680. The molecule has 524 valence electrons. The van der Waals surface area contributed by atoms with Gasteiger partial charge in [0, 0.05) is 115 Å². The number of alkyl halides is 6. The van der Waals surface area contributed by atoms with Crippen molar-refractivity contribution in [3.05, 3.63) is 190 Å². The van der Waals surface area contributed by atoms with E-state index in [0.29, 0.717) is 100 Å². The fourth-order valence-electron chi connectivity index (χ4n) is 14.0. The van der Waals surface area contributed by atoms with Crippen LogP contribution >= 0.6 is 0 Å². The van der Waals surface area contributed by atoms with E-state index in [-0.39, 0.29) is 55.6 Å². The fourth-order valence-corrected chi connectivity index (χ4v) is 14.0. The maximum Gasteiger partial charge on any atom is 0.416 e. The summed E-state index contributed by atoms with van der Waals surface area (Å²) >= 11 is 0. The molecule has 0 unspecified atom stereocenters. The molecule has 0 bridgehead atoms. The summed E-state index contributed by atoms with van der Waals surface area (Å²) in [4.78, 5) is 80.0.